The van der Waals surface area contributed by atoms with Crippen LogP contribution in [0.5, 0.6) is 11.5 Å². The highest BCUT2D eigenvalue weighted by Gasteiger charge is 2.16. The summed E-state index contributed by atoms with van der Waals surface area (Å²) in [5.41, 5.74) is 2.86. The van der Waals surface area contributed by atoms with Gasteiger partial charge in [-0.25, -0.2) is 4.98 Å². The molecule has 0 unspecified atom stereocenters. The van der Waals surface area contributed by atoms with Crippen molar-refractivity contribution in [3.8, 4) is 11.5 Å². The molecule has 1 aromatic heterocycles. The first-order valence-electron chi connectivity index (χ1n) is 6.73. The molecule has 1 aliphatic heterocycles. The van der Waals surface area contributed by atoms with Gasteiger partial charge in [0, 0.05) is 5.38 Å². The summed E-state index contributed by atoms with van der Waals surface area (Å²) in [5.74, 6) is 1.38. The minimum atomic E-state index is -0.0795. The number of anilines is 1. The van der Waals surface area contributed by atoms with Gasteiger partial charge in [-0.3, -0.25) is 4.79 Å². The molecule has 0 radical (unpaired) electrons. The molecule has 2 heterocycles. The molecule has 1 aliphatic rings. The van der Waals surface area contributed by atoms with Crippen LogP contribution in [0.3, 0.4) is 0 Å². The molecule has 1 amide bonds. The van der Waals surface area contributed by atoms with E-state index in [9.17, 15) is 4.79 Å². The number of thiazole rings is 1. The summed E-state index contributed by atoms with van der Waals surface area (Å²) in [6, 6.07) is 3.81. The molecule has 0 spiro atoms. The molecule has 21 heavy (non-hydrogen) atoms. The second-order valence-corrected chi connectivity index (χ2v) is 5.80. The third kappa shape index (κ3) is 3.16. The summed E-state index contributed by atoms with van der Waals surface area (Å²) < 4.78 is 11.1. The molecule has 0 bridgehead atoms. The van der Waals surface area contributed by atoms with Gasteiger partial charge in [0.25, 0.3) is 0 Å². The third-order valence-electron chi connectivity index (χ3n) is 3.22. The molecule has 0 atom stereocenters. The van der Waals surface area contributed by atoms with E-state index in [1.165, 1.54) is 11.3 Å². The van der Waals surface area contributed by atoms with Crippen LogP contribution in [-0.4, -0.2) is 24.1 Å². The number of carbonyl (C=O) groups excluding carboxylic acids is 1. The van der Waals surface area contributed by atoms with Crippen LogP contribution in [0, 0.1) is 13.8 Å². The number of rotatable bonds is 3. The first-order valence-corrected chi connectivity index (χ1v) is 7.61. The lowest BCUT2D eigenvalue weighted by Crippen LogP contribution is -2.18. The Hall–Kier alpha value is -2.08. The highest BCUT2D eigenvalue weighted by atomic mass is 32.1. The lowest BCUT2D eigenvalue weighted by molar-refractivity contribution is -0.115. The Kier molecular flexibility index (Phi) is 3.79. The normalized spacial score (nSPS) is 13.0. The number of amides is 1. The Labute approximate surface area is 126 Å². The van der Waals surface area contributed by atoms with E-state index in [0.717, 1.165) is 22.6 Å². The third-order valence-corrected chi connectivity index (χ3v) is 4.09. The summed E-state index contributed by atoms with van der Waals surface area (Å²) in [7, 11) is 0. The van der Waals surface area contributed by atoms with Crippen LogP contribution in [0.4, 0.5) is 5.13 Å². The molecule has 1 aromatic carbocycles. The van der Waals surface area contributed by atoms with Crippen LogP contribution in [0.2, 0.25) is 0 Å². The van der Waals surface area contributed by atoms with E-state index in [2.05, 4.69) is 10.3 Å². The molecule has 1 N–H and O–H groups in total. The zero-order chi connectivity index (χ0) is 14.8. The zero-order valence-electron chi connectivity index (χ0n) is 11.9. The quantitative estimate of drug-likeness (QED) is 0.947. The monoisotopic (exact) mass is 304 g/mol. The van der Waals surface area contributed by atoms with Gasteiger partial charge >= 0.3 is 0 Å². The Bertz CT molecular complexity index is 682. The number of carbonyl (C=O) groups is 1. The number of ether oxygens (including phenoxy) is 2. The van der Waals surface area contributed by atoms with Gasteiger partial charge in [-0.1, -0.05) is 0 Å². The van der Waals surface area contributed by atoms with Gasteiger partial charge in [-0.15, -0.1) is 11.3 Å². The Morgan fingerprint density at radius 2 is 2.00 bits per heavy atom. The number of aryl methyl sites for hydroxylation is 2. The summed E-state index contributed by atoms with van der Waals surface area (Å²) in [5, 5.41) is 5.35. The van der Waals surface area contributed by atoms with Crippen molar-refractivity contribution in [2.24, 2.45) is 0 Å². The standard InChI is InChI=1S/C15H16N2O3S/c1-9-5-12-13(20-4-3-19-12)6-11(9)7-14(18)17-15-16-10(2)8-21-15/h5-6,8H,3-4,7H2,1-2H3,(H,16,17,18). The van der Waals surface area contributed by atoms with E-state index >= 15 is 0 Å². The molecular formula is C15H16N2O3S. The molecular weight excluding hydrogens is 288 g/mol. The van der Waals surface area contributed by atoms with Gasteiger partial charge in [0.1, 0.15) is 13.2 Å². The molecule has 110 valence electrons. The van der Waals surface area contributed by atoms with E-state index < -0.39 is 0 Å². The van der Waals surface area contributed by atoms with Crippen LogP contribution in [0.25, 0.3) is 0 Å². The average Bonchev–Trinajstić information content (AvgIpc) is 2.85. The fourth-order valence-corrected chi connectivity index (χ4v) is 2.88. The molecule has 0 saturated heterocycles. The van der Waals surface area contributed by atoms with Crippen LogP contribution in [-0.2, 0) is 11.2 Å². The van der Waals surface area contributed by atoms with E-state index in [1.54, 1.807) is 0 Å². The first-order chi connectivity index (χ1) is 10.1. The van der Waals surface area contributed by atoms with Crippen molar-refractivity contribution in [1.29, 1.82) is 0 Å². The van der Waals surface area contributed by atoms with Gasteiger partial charge in [-0.05, 0) is 37.1 Å². The lowest BCUT2D eigenvalue weighted by Gasteiger charge is -2.20. The second-order valence-electron chi connectivity index (χ2n) is 4.94. The number of aromatic nitrogens is 1. The molecule has 0 saturated carbocycles. The lowest BCUT2D eigenvalue weighted by atomic mass is 10.0. The number of hydrogen-bond acceptors (Lipinski definition) is 5. The number of nitrogens with zero attached hydrogens (tertiary/aromatic N) is 1. The van der Waals surface area contributed by atoms with Crippen molar-refractivity contribution in [1.82, 2.24) is 4.98 Å². The summed E-state index contributed by atoms with van der Waals surface area (Å²) in [6.45, 7) is 4.97. The van der Waals surface area contributed by atoms with Crippen LogP contribution in [0.15, 0.2) is 17.5 Å². The van der Waals surface area contributed by atoms with Gasteiger partial charge in [0.05, 0.1) is 12.1 Å². The number of hydrogen-bond donors (Lipinski definition) is 1. The van der Waals surface area contributed by atoms with Gasteiger partial charge in [0.15, 0.2) is 16.6 Å². The molecule has 3 rings (SSSR count). The molecule has 6 heteroatoms. The summed E-state index contributed by atoms with van der Waals surface area (Å²) >= 11 is 1.43. The second kappa shape index (κ2) is 5.73. The average molecular weight is 304 g/mol. The smallest absolute Gasteiger partial charge is 0.230 e. The van der Waals surface area contributed by atoms with Crippen LogP contribution >= 0.6 is 11.3 Å². The van der Waals surface area contributed by atoms with Gasteiger partial charge < -0.3 is 14.8 Å². The Balaban J connectivity index is 1.73. The van der Waals surface area contributed by atoms with Gasteiger partial charge in [0.2, 0.25) is 5.91 Å². The fraction of sp³-hybridized carbons (Fsp3) is 0.333. The molecule has 0 fully saturated rings. The van der Waals surface area contributed by atoms with Crippen molar-refractivity contribution in [2.75, 3.05) is 18.5 Å². The van der Waals surface area contributed by atoms with Crippen LogP contribution < -0.4 is 14.8 Å². The minimum absolute atomic E-state index is 0.0795. The Morgan fingerprint density at radius 1 is 1.29 bits per heavy atom. The summed E-state index contributed by atoms with van der Waals surface area (Å²) in [6.07, 6.45) is 0.293. The fourth-order valence-electron chi connectivity index (χ4n) is 2.17. The van der Waals surface area contributed by atoms with Crippen molar-refractivity contribution in [3.63, 3.8) is 0 Å². The van der Waals surface area contributed by atoms with Crippen LogP contribution in [0.1, 0.15) is 16.8 Å². The number of fused-ring (bicyclic) bond motifs is 1. The van der Waals surface area contributed by atoms with E-state index in [0.29, 0.717) is 30.5 Å². The molecule has 5 nitrogen and oxygen atoms in total. The molecule has 0 aliphatic carbocycles. The first kappa shape index (κ1) is 13.9. The van der Waals surface area contributed by atoms with Gasteiger partial charge in [-0.2, -0.15) is 0 Å². The maximum Gasteiger partial charge on any atom is 0.230 e. The highest BCUT2D eigenvalue weighted by molar-refractivity contribution is 7.13. The maximum absolute atomic E-state index is 12.1. The zero-order valence-corrected chi connectivity index (χ0v) is 12.8. The maximum atomic E-state index is 12.1. The Morgan fingerprint density at radius 3 is 2.67 bits per heavy atom. The van der Waals surface area contributed by atoms with Crippen molar-refractivity contribution in [3.05, 3.63) is 34.3 Å². The number of benzene rings is 1. The predicted molar refractivity (Wildman–Crippen MR) is 81.4 cm³/mol. The topological polar surface area (TPSA) is 60.5 Å². The largest absolute Gasteiger partial charge is 0.486 e. The van der Waals surface area contributed by atoms with Crippen molar-refractivity contribution >= 4 is 22.4 Å². The predicted octanol–water partition coefficient (Wildman–Crippen LogP) is 2.71. The highest BCUT2D eigenvalue weighted by Crippen LogP contribution is 2.33. The SMILES string of the molecule is Cc1csc(NC(=O)Cc2cc3c(cc2C)OCCO3)n1. The summed E-state index contributed by atoms with van der Waals surface area (Å²) in [4.78, 5) is 16.3. The van der Waals surface area contributed by atoms with E-state index in [-0.39, 0.29) is 5.91 Å². The molecule has 2 aromatic rings. The minimum Gasteiger partial charge on any atom is -0.486 e. The van der Waals surface area contributed by atoms with Crippen molar-refractivity contribution in [2.45, 2.75) is 20.3 Å². The van der Waals surface area contributed by atoms with Crippen molar-refractivity contribution < 1.29 is 14.3 Å². The van der Waals surface area contributed by atoms with E-state index in [4.69, 9.17) is 9.47 Å². The number of nitrogens with one attached hydrogen (secondary N) is 1. The van der Waals surface area contributed by atoms with E-state index in [1.807, 2.05) is 31.4 Å².